The zero-order valence-electron chi connectivity index (χ0n) is 20.8. The van der Waals surface area contributed by atoms with Gasteiger partial charge >= 0.3 is 0 Å². The lowest BCUT2D eigenvalue weighted by Crippen LogP contribution is -1.91. The van der Waals surface area contributed by atoms with Gasteiger partial charge in [0.05, 0.1) is 0 Å². The van der Waals surface area contributed by atoms with Gasteiger partial charge in [0, 0.05) is 6.21 Å². The third-order valence-electron chi connectivity index (χ3n) is 7.14. The van der Waals surface area contributed by atoms with Gasteiger partial charge in [-0.3, -0.25) is 0 Å². The van der Waals surface area contributed by atoms with Crippen LogP contribution in [-0.2, 0) is 0 Å². The van der Waals surface area contributed by atoms with E-state index in [1.165, 1.54) is 60.8 Å². The monoisotopic (exact) mass is 473 g/mol. The van der Waals surface area contributed by atoms with Crippen LogP contribution in [0.4, 0.5) is 0 Å². The van der Waals surface area contributed by atoms with Gasteiger partial charge in [-0.25, -0.2) is 0 Å². The fraction of sp³-hybridized carbons (Fsp3) is 0.0278. The second kappa shape index (κ2) is 9.37. The number of benzene rings is 6. The van der Waals surface area contributed by atoms with Crippen molar-refractivity contribution < 1.29 is 0 Å². The predicted octanol–water partition coefficient (Wildman–Crippen LogP) is 10.1. The molecule has 0 fully saturated rings. The Morgan fingerprint density at radius 1 is 0.595 bits per heavy atom. The Morgan fingerprint density at radius 3 is 1.70 bits per heavy atom. The highest BCUT2D eigenvalue weighted by atomic mass is 14.3. The molecule has 0 aliphatic rings. The fourth-order valence-electron chi connectivity index (χ4n) is 5.49. The van der Waals surface area contributed by atoms with Gasteiger partial charge in [0.25, 0.3) is 0 Å². The summed E-state index contributed by atoms with van der Waals surface area (Å²) in [7, 11) is 0. The molecule has 0 saturated heterocycles. The largest absolute Gasteiger partial charge is 0.309 e. The molecule has 6 aromatic carbocycles. The average Bonchev–Trinajstić information content (AvgIpc) is 2.94. The Hall–Kier alpha value is -4.75. The van der Waals surface area contributed by atoms with Crippen LogP contribution < -0.4 is 0 Å². The summed E-state index contributed by atoms with van der Waals surface area (Å²) in [5, 5.41) is 15.0. The maximum Gasteiger partial charge on any atom is 0.0184 e. The van der Waals surface area contributed by atoms with E-state index in [0.717, 1.165) is 16.7 Å². The molecule has 6 aromatic rings. The maximum absolute atomic E-state index is 7.58. The molecule has 0 amide bonds. The normalized spacial score (nSPS) is 11.8. The lowest BCUT2D eigenvalue weighted by Gasteiger charge is -2.18. The molecule has 0 aliphatic heterocycles. The molecule has 0 spiro atoms. The topological polar surface area (TPSA) is 23.9 Å². The fourth-order valence-corrected chi connectivity index (χ4v) is 5.49. The first-order valence-electron chi connectivity index (χ1n) is 12.6. The van der Waals surface area contributed by atoms with Crippen molar-refractivity contribution in [3.8, 4) is 22.3 Å². The first kappa shape index (κ1) is 22.7. The molecule has 0 unspecified atom stereocenters. The Balaban J connectivity index is 1.66. The zero-order valence-corrected chi connectivity index (χ0v) is 20.8. The van der Waals surface area contributed by atoms with Crippen molar-refractivity contribution in [1.29, 1.82) is 5.41 Å². The number of fused-ring (bicyclic) bond motifs is 3. The number of rotatable bonds is 5. The third-order valence-corrected chi connectivity index (χ3v) is 7.14. The van der Waals surface area contributed by atoms with E-state index in [1.807, 2.05) is 13.0 Å². The molecule has 0 aromatic heterocycles. The summed E-state index contributed by atoms with van der Waals surface area (Å²) in [5.41, 5.74) is 7.99. The minimum Gasteiger partial charge on any atom is -0.309 e. The summed E-state index contributed by atoms with van der Waals surface area (Å²) >= 11 is 0. The van der Waals surface area contributed by atoms with Crippen LogP contribution >= 0.6 is 0 Å². The molecule has 1 nitrogen and oxygen atoms in total. The van der Waals surface area contributed by atoms with Crippen LogP contribution in [-0.4, -0.2) is 6.21 Å². The van der Waals surface area contributed by atoms with Crippen molar-refractivity contribution in [3.63, 3.8) is 0 Å². The Labute approximate surface area is 217 Å². The summed E-state index contributed by atoms with van der Waals surface area (Å²) in [6.45, 7) is 6.11. The van der Waals surface area contributed by atoms with E-state index in [2.05, 4.69) is 122 Å². The summed E-state index contributed by atoms with van der Waals surface area (Å²) in [6.07, 6.45) is 3.15. The Kier molecular flexibility index (Phi) is 5.75. The van der Waals surface area contributed by atoms with Crippen molar-refractivity contribution in [1.82, 2.24) is 0 Å². The van der Waals surface area contributed by atoms with Crippen molar-refractivity contribution in [2.75, 3.05) is 0 Å². The molecular weight excluding hydrogens is 446 g/mol. The number of hydrogen-bond donors (Lipinski definition) is 1. The van der Waals surface area contributed by atoms with E-state index in [1.54, 1.807) is 0 Å². The van der Waals surface area contributed by atoms with E-state index in [-0.39, 0.29) is 0 Å². The third kappa shape index (κ3) is 3.95. The zero-order chi connectivity index (χ0) is 25.4. The predicted molar refractivity (Wildman–Crippen MR) is 161 cm³/mol. The summed E-state index contributed by atoms with van der Waals surface area (Å²) in [6, 6.07) is 41.5. The quantitative estimate of drug-likeness (QED) is 0.146. The van der Waals surface area contributed by atoms with E-state index >= 15 is 0 Å². The van der Waals surface area contributed by atoms with Gasteiger partial charge in [-0.05, 0) is 90.8 Å². The van der Waals surface area contributed by atoms with Gasteiger partial charge in [0.15, 0.2) is 0 Å². The van der Waals surface area contributed by atoms with Gasteiger partial charge in [0.2, 0.25) is 0 Å². The van der Waals surface area contributed by atoms with Crippen molar-refractivity contribution >= 4 is 44.1 Å². The minimum atomic E-state index is 0.951. The van der Waals surface area contributed by atoms with Gasteiger partial charge in [0.1, 0.15) is 0 Å². The maximum atomic E-state index is 7.58. The van der Waals surface area contributed by atoms with Crippen LogP contribution in [0, 0.1) is 5.41 Å². The van der Waals surface area contributed by atoms with Crippen LogP contribution in [0.2, 0.25) is 0 Å². The highest BCUT2D eigenvalue weighted by Gasteiger charge is 2.16. The van der Waals surface area contributed by atoms with Crippen molar-refractivity contribution in [2.24, 2.45) is 0 Å². The molecular formula is C36H27N. The van der Waals surface area contributed by atoms with Gasteiger partial charge in [-0.15, -0.1) is 0 Å². The molecule has 0 atom stereocenters. The number of hydrogen-bond acceptors (Lipinski definition) is 1. The van der Waals surface area contributed by atoms with Crippen LogP contribution in [0.15, 0.2) is 133 Å². The smallest absolute Gasteiger partial charge is 0.0184 e. The first-order valence-corrected chi connectivity index (χ1v) is 12.6. The molecule has 1 heteroatoms. The van der Waals surface area contributed by atoms with E-state index in [4.69, 9.17) is 5.41 Å². The molecule has 6 rings (SSSR count). The molecule has 37 heavy (non-hydrogen) atoms. The van der Waals surface area contributed by atoms with Gasteiger partial charge < -0.3 is 5.41 Å². The van der Waals surface area contributed by atoms with Crippen molar-refractivity contribution in [2.45, 2.75) is 6.92 Å². The average molecular weight is 474 g/mol. The second-order valence-electron chi connectivity index (χ2n) is 9.51. The SMILES string of the molecule is C=C(C)/C(=C\C=N)c1ccc2ccc(-c3c4ccccc4c(-c4ccccc4)c4ccccc34)cc2c1. The van der Waals surface area contributed by atoms with Crippen LogP contribution in [0.1, 0.15) is 12.5 Å². The second-order valence-corrected chi connectivity index (χ2v) is 9.51. The highest BCUT2D eigenvalue weighted by molar-refractivity contribution is 6.21. The summed E-state index contributed by atoms with van der Waals surface area (Å²) in [5.74, 6) is 0. The summed E-state index contributed by atoms with van der Waals surface area (Å²) < 4.78 is 0. The van der Waals surface area contributed by atoms with Gasteiger partial charge in [-0.2, -0.15) is 0 Å². The van der Waals surface area contributed by atoms with Crippen LogP contribution in [0.3, 0.4) is 0 Å². The highest BCUT2D eigenvalue weighted by Crippen LogP contribution is 2.44. The van der Waals surface area contributed by atoms with Gasteiger partial charge in [-0.1, -0.05) is 115 Å². The lowest BCUT2D eigenvalue weighted by molar-refractivity contribution is 1.52. The first-order chi connectivity index (χ1) is 18.2. The van der Waals surface area contributed by atoms with Crippen LogP contribution in [0.5, 0.6) is 0 Å². The lowest BCUT2D eigenvalue weighted by atomic mass is 9.85. The van der Waals surface area contributed by atoms with E-state index in [0.29, 0.717) is 0 Å². The molecule has 0 radical (unpaired) electrons. The van der Waals surface area contributed by atoms with Crippen molar-refractivity contribution in [3.05, 3.63) is 139 Å². The Morgan fingerprint density at radius 2 is 1.14 bits per heavy atom. The van der Waals surface area contributed by atoms with E-state index in [9.17, 15) is 0 Å². The molecule has 176 valence electrons. The van der Waals surface area contributed by atoms with Crippen LogP contribution in [0.25, 0.3) is 60.1 Å². The summed E-state index contributed by atoms with van der Waals surface area (Å²) in [4.78, 5) is 0. The van der Waals surface area contributed by atoms with E-state index < -0.39 is 0 Å². The standard InChI is InChI=1S/C36H27N/c1-24(2)30(20-21-37)27-18-16-25-17-19-28(23-29(25)22-27)36-33-14-8-6-12-31(33)35(26-10-4-3-5-11-26)32-13-7-9-15-34(32)36/h3-23,37H,1H2,2H3/b30-20+,37-21?. The Bertz CT molecular complexity index is 1800. The molecule has 0 aliphatic carbocycles. The number of nitrogens with one attached hydrogen (secondary N) is 1. The molecule has 0 heterocycles. The molecule has 1 N–H and O–H groups in total. The number of allylic oxidation sites excluding steroid dienone is 3. The molecule has 0 bridgehead atoms. The molecule has 0 saturated carbocycles. The minimum absolute atomic E-state index is 0.951.